The number of ether oxygens (including phenoxy) is 3. The van der Waals surface area contributed by atoms with E-state index >= 15 is 0 Å². The highest BCUT2D eigenvalue weighted by molar-refractivity contribution is 5.80. The number of aliphatic hydroxyl groups excluding tert-OH is 5. The number of amides is 1. The Morgan fingerprint density at radius 3 is 1.62 bits per heavy atom. The largest absolute Gasteiger partial charge is 0.454 e. The number of esters is 1. The fourth-order valence-corrected chi connectivity index (χ4v) is 7.76. The van der Waals surface area contributed by atoms with Gasteiger partial charge in [-0.2, -0.15) is 0 Å². The van der Waals surface area contributed by atoms with Gasteiger partial charge in [-0.25, -0.2) is 0 Å². The smallest absolute Gasteiger partial charge is 0.306 e. The maximum Gasteiger partial charge on any atom is 0.306 e. The standard InChI is InChI=1S/C62H99NO10/c1-4-7-10-13-16-19-22-24-25-26-27-28-29-30-31-32-35-38-41-44-47-50-57(67)73-60-59(69)58(68)56(51-64)72-62(60)71-52-53(54(65)48-45-42-39-36-33-21-18-15-12-9-6-3)63-61(70)55(66)49-46-43-40-37-34-23-20-17-14-11-8-5-2/h7-8,10-11,14,16-17,19-20,23-25,27-28,30-31,34,37,40,43,45,48,53-56,58-60,62,64-66,68-69H,4-6,9,12-13,15,18,21-22,26,29,32-33,35-36,38-39,41-42,44,46-47,49-52H2,1-3H3,(H,63,70)/b10-7-,11-8+,17-14+,19-16-,23-20-,25-24-,28-27-,31-30-,37-34-,43-40+,48-45+. The van der Waals surface area contributed by atoms with Gasteiger partial charge in [-0.05, 0) is 83.5 Å². The van der Waals surface area contributed by atoms with E-state index < -0.39 is 67.4 Å². The Bertz CT molecular complexity index is 1690. The number of unbranched alkanes of at least 4 members (excludes halogenated alkanes) is 14. The van der Waals surface area contributed by atoms with Gasteiger partial charge in [0.15, 0.2) is 12.4 Å². The van der Waals surface area contributed by atoms with Crippen LogP contribution in [0.5, 0.6) is 0 Å². The van der Waals surface area contributed by atoms with E-state index in [0.717, 1.165) is 96.3 Å². The number of nitrogens with one attached hydrogen (secondary N) is 1. The zero-order valence-electron chi connectivity index (χ0n) is 45.2. The summed E-state index contributed by atoms with van der Waals surface area (Å²) in [5.41, 5.74) is 0. The Kier molecular flexibility index (Phi) is 44.6. The Labute approximate surface area is 442 Å². The average Bonchev–Trinajstić information content (AvgIpc) is 3.39. The van der Waals surface area contributed by atoms with Crippen molar-refractivity contribution < 1.29 is 49.3 Å². The fourth-order valence-electron chi connectivity index (χ4n) is 7.76. The highest BCUT2D eigenvalue weighted by Crippen LogP contribution is 2.26. The van der Waals surface area contributed by atoms with Crippen LogP contribution in [0.25, 0.3) is 0 Å². The van der Waals surface area contributed by atoms with Gasteiger partial charge in [-0.1, -0.05) is 225 Å². The minimum Gasteiger partial charge on any atom is -0.454 e. The number of rotatable bonds is 44. The minimum absolute atomic E-state index is 0.0839. The van der Waals surface area contributed by atoms with Crippen molar-refractivity contribution in [1.29, 1.82) is 0 Å². The van der Waals surface area contributed by atoms with Crippen LogP contribution in [-0.2, 0) is 23.8 Å². The molecule has 0 spiro atoms. The van der Waals surface area contributed by atoms with Crippen LogP contribution in [0.2, 0.25) is 0 Å². The molecule has 1 saturated heterocycles. The van der Waals surface area contributed by atoms with Gasteiger partial charge in [0, 0.05) is 6.42 Å². The lowest BCUT2D eigenvalue weighted by molar-refractivity contribution is -0.305. The monoisotopic (exact) mass is 1020 g/mol. The molecule has 0 aromatic heterocycles. The molecule has 0 aliphatic carbocycles. The van der Waals surface area contributed by atoms with Gasteiger partial charge >= 0.3 is 5.97 Å². The molecule has 412 valence electrons. The van der Waals surface area contributed by atoms with E-state index in [1.807, 2.05) is 60.8 Å². The van der Waals surface area contributed by atoms with Crippen LogP contribution in [0.4, 0.5) is 0 Å². The van der Waals surface area contributed by atoms with Crippen LogP contribution in [-0.4, -0.2) is 99.6 Å². The summed E-state index contributed by atoms with van der Waals surface area (Å²) in [6.45, 7) is 5.42. The maximum atomic E-state index is 13.3. The summed E-state index contributed by atoms with van der Waals surface area (Å²) in [5.74, 6) is -1.31. The van der Waals surface area contributed by atoms with Crippen molar-refractivity contribution in [3.8, 4) is 0 Å². The van der Waals surface area contributed by atoms with Crippen molar-refractivity contribution in [1.82, 2.24) is 5.32 Å². The summed E-state index contributed by atoms with van der Waals surface area (Å²) in [6.07, 6.45) is 58.0. The predicted molar refractivity (Wildman–Crippen MR) is 301 cm³/mol. The number of aliphatic hydroxyl groups is 5. The molecule has 11 nitrogen and oxygen atoms in total. The third-order valence-corrected chi connectivity index (χ3v) is 12.2. The predicted octanol–water partition coefficient (Wildman–Crippen LogP) is 12.5. The molecule has 1 heterocycles. The first-order valence-electron chi connectivity index (χ1n) is 28.0. The molecule has 0 bridgehead atoms. The second-order valence-electron chi connectivity index (χ2n) is 18.7. The maximum absolute atomic E-state index is 13.3. The van der Waals surface area contributed by atoms with Crippen molar-refractivity contribution in [2.75, 3.05) is 13.2 Å². The molecule has 11 heteroatoms. The van der Waals surface area contributed by atoms with E-state index in [-0.39, 0.29) is 19.4 Å². The molecule has 73 heavy (non-hydrogen) atoms. The van der Waals surface area contributed by atoms with Crippen LogP contribution in [0.1, 0.15) is 181 Å². The van der Waals surface area contributed by atoms with Crippen LogP contribution < -0.4 is 5.32 Å². The number of carbonyl (C=O) groups is 2. The highest BCUT2D eigenvalue weighted by Gasteiger charge is 2.47. The molecule has 0 aromatic rings. The van der Waals surface area contributed by atoms with Crippen LogP contribution in [0.15, 0.2) is 134 Å². The second-order valence-corrected chi connectivity index (χ2v) is 18.7. The molecule has 6 N–H and O–H groups in total. The zero-order chi connectivity index (χ0) is 53.3. The first-order chi connectivity index (χ1) is 35.7. The number of allylic oxidation sites excluding steroid dienone is 21. The summed E-state index contributed by atoms with van der Waals surface area (Å²) >= 11 is 0. The summed E-state index contributed by atoms with van der Waals surface area (Å²) in [5, 5.41) is 56.6. The average molecular weight is 1020 g/mol. The van der Waals surface area contributed by atoms with Gasteiger partial charge in [0.25, 0.3) is 0 Å². The molecular formula is C62H99NO10. The minimum atomic E-state index is -1.64. The fraction of sp³-hybridized carbons (Fsp3) is 0.613. The van der Waals surface area contributed by atoms with Gasteiger partial charge in [-0.15, -0.1) is 0 Å². The third kappa shape index (κ3) is 37.2. The molecule has 1 fully saturated rings. The molecule has 1 aliphatic heterocycles. The van der Waals surface area contributed by atoms with E-state index in [1.54, 1.807) is 6.08 Å². The quantitative estimate of drug-likeness (QED) is 0.0149. The van der Waals surface area contributed by atoms with Gasteiger partial charge in [-0.3, -0.25) is 9.59 Å². The van der Waals surface area contributed by atoms with Crippen LogP contribution >= 0.6 is 0 Å². The van der Waals surface area contributed by atoms with E-state index in [0.29, 0.717) is 12.8 Å². The molecular weight excluding hydrogens is 919 g/mol. The molecule has 0 saturated carbocycles. The number of carbonyl (C=O) groups excluding carboxylic acids is 2. The number of hydrogen-bond donors (Lipinski definition) is 6. The van der Waals surface area contributed by atoms with E-state index in [9.17, 15) is 35.1 Å². The van der Waals surface area contributed by atoms with Crippen molar-refractivity contribution >= 4 is 11.9 Å². The Hall–Kier alpha value is -4.20. The SMILES string of the molecule is CC/C=C\C/C=C\C/C=C\C/C=C\C/C=C\CCCCCCCC(=O)OC1C(OCC(NC(=O)C(O)CC/C=C/C=C\C=C/C=C/C=C/CC)C(O)/C=C/CCCCCCCCCCC)OC(CO)C(O)C1O. The van der Waals surface area contributed by atoms with E-state index in [1.165, 1.54) is 38.5 Å². The molecule has 0 aromatic carbocycles. The Morgan fingerprint density at radius 2 is 1.05 bits per heavy atom. The summed E-state index contributed by atoms with van der Waals surface area (Å²) in [7, 11) is 0. The third-order valence-electron chi connectivity index (χ3n) is 12.2. The second kappa shape index (κ2) is 48.7. The van der Waals surface area contributed by atoms with Gasteiger partial charge < -0.3 is 45.1 Å². The van der Waals surface area contributed by atoms with Crippen molar-refractivity contribution in [3.63, 3.8) is 0 Å². The Morgan fingerprint density at radius 1 is 0.562 bits per heavy atom. The lowest BCUT2D eigenvalue weighted by Gasteiger charge is -2.41. The summed E-state index contributed by atoms with van der Waals surface area (Å²) in [6, 6.07) is -1.07. The zero-order valence-corrected chi connectivity index (χ0v) is 45.2. The normalized spacial score (nSPS) is 20.5. The summed E-state index contributed by atoms with van der Waals surface area (Å²) in [4.78, 5) is 26.4. The van der Waals surface area contributed by atoms with Gasteiger partial charge in [0.05, 0.1) is 25.4 Å². The van der Waals surface area contributed by atoms with Crippen molar-refractivity contribution in [2.24, 2.45) is 0 Å². The lowest BCUT2D eigenvalue weighted by Crippen LogP contribution is -2.61. The Balaban J connectivity index is 2.75. The highest BCUT2D eigenvalue weighted by atomic mass is 16.7. The molecule has 8 atom stereocenters. The first kappa shape index (κ1) is 66.8. The molecule has 0 radical (unpaired) electrons. The molecule has 1 rings (SSSR count). The molecule has 1 aliphatic rings. The van der Waals surface area contributed by atoms with Crippen molar-refractivity contribution in [3.05, 3.63) is 134 Å². The van der Waals surface area contributed by atoms with E-state index in [2.05, 4.69) is 92.9 Å². The van der Waals surface area contributed by atoms with Gasteiger partial charge in [0.2, 0.25) is 5.91 Å². The van der Waals surface area contributed by atoms with Crippen molar-refractivity contribution in [2.45, 2.75) is 230 Å². The summed E-state index contributed by atoms with van der Waals surface area (Å²) < 4.78 is 17.5. The molecule has 8 unspecified atom stereocenters. The topological polar surface area (TPSA) is 175 Å². The lowest BCUT2D eigenvalue weighted by atomic mass is 9.99. The van der Waals surface area contributed by atoms with Gasteiger partial charge in [0.1, 0.15) is 24.4 Å². The molecule has 1 amide bonds. The van der Waals surface area contributed by atoms with Crippen LogP contribution in [0.3, 0.4) is 0 Å². The van der Waals surface area contributed by atoms with Crippen LogP contribution in [0, 0.1) is 0 Å². The van der Waals surface area contributed by atoms with E-state index in [4.69, 9.17) is 14.2 Å². The first-order valence-corrected chi connectivity index (χ1v) is 28.0. The number of hydrogen-bond acceptors (Lipinski definition) is 10.